The molecular formula is C12H14N2O3S2. The zero-order chi connectivity index (χ0) is 13.9. The average molecular weight is 298 g/mol. The highest BCUT2D eigenvalue weighted by Gasteiger charge is 2.17. The fourth-order valence-corrected chi connectivity index (χ4v) is 3.48. The zero-order valence-corrected chi connectivity index (χ0v) is 12.0. The van der Waals surface area contributed by atoms with E-state index in [1.54, 1.807) is 12.1 Å². The number of nitrogens with zero attached hydrogens (tertiary/aromatic N) is 1. The summed E-state index contributed by atoms with van der Waals surface area (Å²) in [4.78, 5) is 4.15. The van der Waals surface area contributed by atoms with Gasteiger partial charge in [0.1, 0.15) is 10.6 Å². The number of rotatable bonds is 5. The van der Waals surface area contributed by atoms with Gasteiger partial charge < -0.3 is 5.11 Å². The Labute approximate surface area is 116 Å². The molecule has 0 bridgehead atoms. The molecule has 0 fully saturated rings. The van der Waals surface area contributed by atoms with Crippen molar-refractivity contribution in [1.29, 1.82) is 0 Å². The van der Waals surface area contributed by atoms with Crippen LogP contribution in [0.4, 0.5) is 0 Å². The van der Waals surface area contributed by atoms with Gasteiger partial charge in [0.15, 0.2) is 0 Å². The van der Waals surface area contributed by atoms with Gasteiger partial charge in [-0.2, -0.15) is 0 Å². The molecule has 5 nitrogen and oxygen atoms in total. The summed E-state index contributed by atoms with van der Waals surface area (Å²) >= 11 is 1.50. The molecule has 2 aromatic rings. The van der Waals surface area contributed by atoms with Crippen molar-refractivity contribution in [3.8, 4) is 5.75 Å². The molecule has 0 radical (unpaired) electrons. The Morgan fingerprint density at radius 1 is 1.37 bits per heavy atom. The molecule has 0 saturated heterocycles. The van der Waals surface area contributed by atoms with E-state index in [1.165, 1.54) is 23.5 Å². The van der Waals surface area contributed by atoms with Gasteiger partial charge in [-0.25, -0.2) is 18.1 Å². The third kappa shape index (κ3) is 3.52. The summed E-state index contributed by atoms with van der Waals surface area (Å²) in [6.07, 6.45) is 0.533. The number of phenolic OH excluding ortho intramolecular Hbond substituents is 1. The first-order valence-electron chi connectivity index (χ1n) is 5.68. The molecule has 0 aliphatic rings. The summed E-state index contributed by atoms with van der Waals surface area (Å²) in [6.45, 7) is 2.15. The largest absolute Gasteiger partial charge is 0.507 e. The second-order valence-corrected chi connectivity index (χ2v) is 6.68. The Morgan fingerprint density at radius 3 is 2.74 bits per heavy atom. The Morgan fingerprint density at radius 2 is 2.11 bits per heavy atom. The Balaban J connectivity index is 2.01. The topological polar surface area (TPSA) is 79.3 Å². The third-order valence-electron chi connectivity index (χ3n) is 2.45. The van der Waals surface area contributed by atoms with Crippen molar-refractivity contribution in [2.45, 2.75) is 18.2 Å². The smallest absolute Gasteiger partial charge is 0.244 e. The van der Waals surface area contributed by atoms with Gasteiger partial charge in [0, 0.05) is 24.0 Å². The second-order valence-electron chi connectivity index (χ2n) is 4.00. The fourth-order valence-electron chi connectivity index (χ4n) is 1.57. The normalized spacial score (nSPS) is 11.6. The molecule has 0 saturated carbocycles. The van der Waals surface area contributed by atoms with E-state index in [0.29, 0.717) is 6.42 Å². The van der Waals surface area contributed by atoms with E-state index < -0.39 is 10.0 Å². The van der Waals surface area contributed by atoms with Crippen LogP contribution in [0.15, 0.2) is 34.5 Å². The van der Waals surface area contributed by atoms with Crippen LogP contribution in [0.2, 0.25) is 0 Å². The quantitative estimate of drug-likeness (QED) is 0.880. The average Bonchev–Trinajstić information content (AvgIpc) is 2.75. The van der Waals surface area contributed by atoms with Crippen molar-refractivity contribution in [3.05, 3.63) is 40.3 Å². The van der Waals surface area contributed by atoms with E-state index in [4.69, 9.17) is 0 Å². The van der Waals surface area contributed by atoms with Gasteiger partial charge in [0.2, 0.25) is 10.0 Å². The minimum absolute atomic E-state index is 0.106. The number of para-hydroxylation sites is 1. The summed E-state index contributed by atoms with van der Waals surface area (Å²) in [6, 6.07) is 5.86. The highest BCUT2D eigenvalue weighted by Crippen LogP contribution is 2.21. The first-order chi connectivity index (χ1) is 8.99. The highest BCUT2D eigenvalue weighted by molar-refractivity contribution is 7.89. The van der Waals surface area contributed by atoms with Gasteiger partial charge in [-0.05, 0) is 19.1 Å². The number of hydrogen-bond donors (Lipinski definition) is 2. The van der Waals surface area contributed by atoms with Gasteiger partial charge in [-0.1, -0.05) is 12.1 Å². The number of hydrogen-bond acceptors (Lipinski definition) is 5. The molecule has 0 aliphatic carbocycles. The van der Waals surface area contributed by atoms with Crippen LogP contribution in [0.5, 0.6) is 5.75 Å². The van der Waals surface area contributed by atoms with Crippen molar-refractivity contribution >= 4 is 21.4 Å². The highest BCUT2D eigenvalue weighted by atomic mass is 32.2. The number of nitrogens with one attached hydrogen (secondary N) is 1. The molecule has 102 valence electrons. The van der Waals surface area contributed by atoms with Crippen LogP contribution in [0.1, 0.15) is 10.7 Å². The maximum Gasteiger partial charge on any atom is 0.244 e. The summed E-state index contributed by atoms with van der Waals surface area (Å²) < 4.78 is 26.4. The van der Waals surface area contributed by atoms with Crippen LogP contribution in [0.3, 0.4) is 0 Å². The molecule has 19 heavy (non-hydrogen) atoms. The van der Waals surface area contributed by atoms with Crippen LogP contribution in [-0.2, 0) is 16.4 Å². The summed E-state index contributed by atoms with van der Waals surface area (Å²) in [5.74, 6) is -0.250. The fraction of sp³-hybridized carbons (Fsp3) is 0.250. The number of aromatic nitrogens is 1. The van der Waals surface area contributed by atoms with E-state index >= 15 is 0 Å². The van der Waals surface area contributed by atoms with Gasteiger partial charge in [0.05, 0.1) is 5.01 Å². The Kier molecular flexibility index (Phi) is 4.18. The maximum atomic E-state index is 12.0. The number of sulfonamides is 1. The minimum Gasteiger partial charge on any atom is -0.507 e. The molecule has 0 aliphatic heterocycles. The molecule has 0 spiro atoms. The molecule has 2 N–H and O–H groups in total. The molecule has 1 aromatic carbocycles. The third-order valence-corrected chi connectivity index (χ3v) is 4.99. The van der Waals surface area contributed by atoms with E-state index in [9.17, 15) is 13.5 Å². The van der Waals surface area contributed by atoms with Crippen LogP contribution >= 0.6 is 11.3 Å². The molecule has 7 heteroatoms. The van der Waals surface area contributed by atoms with Crippen molar-refractivity contribution in [1.82, 2.24) is 9.71 Å². The SMILES string of the molecule is Cc1csc(CCNS(=O)(=O)c2ccccc2O)n1. The van der Waals surface area contributed by atoms with Crippen LogP contribution in [0.25, 0.3) is 0 Å². The number of thiazole rings is 1. The lowest BCUT2D eigenvalue weighted by atomic mass is 10.3. The molecule has 2 rings (SSSR count). The summed E-state index contributed by atoms with van der Waals surface area (Å²) in [5, 5.41) is 12.3. The predicted octanol–water partition coefficient (Wildman–Crippen LogP) is 1.68. The first kappa shape index (κ1) is 14.0. The van der Waals surface area contributed by atoms with E-state index in [-0.39, 0.29) is 17.2 Å². The molecule has 0 amide bonds. The van der Waals surface area contributed by atoms with Crippen molar-refractivity contribution in [2.24, 2.45) is 0 Å². The van der Waals surface area contributed by atoms with Crippen molar-refractivity contribution in [2.75, 3.05) is 6.54 Å². The summed E-state index contributed by atoms with van der Waals surface area (Å²) in [5.41, 5.74) is 0.934. The van der Waals surface area contributed by atoms with Crippen LogP contribution in [-0.4, -0.2) is 25.1 Å². The monoisotopic (exact) mass is 298 g/mol. The number of aryl methyl sites for hydroxylation is 1. The van der Waals surface area contributed by atoms with E-state index in [2.05, 4.69) is 9.71 Å². The standard InChI is InChI=1S/C12H14N2O3S2/c1-9-8-18-12(14-9)6-7-13-19(16,17)11-5-3-2-4-10(11)15/h2-5,8,13,15H,6-7H2,1H3. The van der Waals surface area contributed by atoms with Crippen LogP contribution < -0.4 is 4.72 Å². The predicted molar refractivity (Wildman–Crippen MR) is 73.9 cm³/mol. The number of phenols is 1. The van der Waals surface area contributed by atoms with Crippen LogP contribution in [0, 0.1) is 6.92 Å². The van der Waals surface area contributed by atoms with Gasteiger partial charge >= 0.3 is 0 Å². The Bertz CT molecular complexity index is 665. The minimum atomic E-state index is -3.68. The lowest BCUT2D eigenvalue weighted by Crippen LogP contribution is -2.26. The lowest BCUT2D eigenvalue weighted by Gasteiger charge is -2.07. The molecule has 0 atom stereocenters. The van der Waals surface area contributed by atoms with Gasteiger partial charge in [-0.3, -0.25) is 0 Å². The van der Waals surface area contributed by atoms with Crippen molar-refractivity contribution in [3.63, 3.8) is 0 Å². The summed E-state index contributed by atoms with van der Waals surface area (Å²) in [7, 11) is -3.68. The second kappa shape index (κ2) is 5.68. The Hall–Kier alpha value is -1.44. The first-order valence-corrected chi connectivity index (χ1v) is 8.04. The maximum absolute atomic E-state index is 12.0. The molecular weight excluding hydrogens is 284 g/mol. The van der Waals surface area contributed by atoms with Crippen molar-refractivity contribution < 1.29 is 13.5 Å². The molecule has 0 unspecified atom stereocenters. The number of benzene rings is 1. The zero-order valence-electron chi connectivity index (χ0n) is 10.3. The van der Waals surface area contributed by atoms with Gasteiger partial charge in [-0.15, -0.1) is 11.3 Å². The molecule has 1 aromatic heterocycles. The van der Waals surface area contributed by atoms with E-state index in [0.717, 1.165) is 10.7 Å². The molecule has 1 heterocycles. The number of aromatic hydroxyl groups is 1. The van der Waals surface area contributed by atoms with E-state index in [1.807, 2.05) is 12.3 Å². The lowest BCUT2D eigenvalue weighted by molar-refractivity contribution is 0.458. The van der Waals surface area contributed by atoms with Gasteiger partial charge in [0.25, 0.3) is 0 Å².